The molecule has 0 heteroatoms. The van der Waals surface area contributed by atoms with Gasteiger partial charge in [0, 0.05) is 0 Å². The van der Waals surface area contributed by atoms with E-state index < -0.39 is 0 Å². The molecule has 10 rings (SSSR count). The Bertz CT molecular complexity index is 2830. The van der Waals surface area contributed by atoms with Crippen LogP contribution in [0.2, 0.25) is 0 Å². The zero-order valence-electron chi connectivity index (χ0n) is 27.2. The zero-order valence-corrected chi connectivity index (χ0v) is 27.2. The van der Waals surface area contributed by atoms with Gasteiger partial charge in [-0.25, -0.2) is 0 Å². The van der Waals surface area contributed by atoms with Crippen molar-refractivity contribution >= 4 is 53.9 Å². The summed E-state index contributed by atoms with van der Waals surface area (Å²) in [6.07, 6.45) is 0. The normalized spacial score (nSPS) is 11.8. The molecular weight excluding hydrogens is 589 g/mol. The fraction of sp³-hybridized carbons (Fsp3) is 0.0204. The Morgan fingerprint density at radius 1 is 0.224 bits per heavy atom. The van der Waals surface area contributed by atoms with Crippen LogP contribution in [0.5, 0.6) is 0 Å². The van der Waals surface area contributed by atoms with Crippen LogP contribution in [0.1, 0.15) is 5.56 Å². The van der Waals surface area contributed by atoms with Gasteiger partial charge in [-0.15, -0.1) is 0 Å². The monoisotopic (exact) mass is 620 g/mol. The van der Waals surface area contributed by atoms with E-state index in [1.807, 2.05) is 0 Å². The Morgan fingerprint density at radius 2 is 0.551 bits per heavy atom. The van der Waals surface area contributed by atoms with Gasteiger partial charge in [0.05, 0.1) is 0 Å². The minimum Gasteiger partial charge on any atom is -0.0622 e. The summed E-state index contributed by atoms with van der Waals surface area (Å²) in [6.45, 7) is 2.17. The van der Waals surface area contributed by atoms with Gasteiger partial charge in [0.1, 0.15) is 0 Å². The van der Waals surface area contributed by atoms with E-state index in [1.54, 1.807) is 0 Å². The summed E-state index contributed by atoms with van der Waals surface area (Å²) in [6, 6.07) is 65.2. The quantitative estimate of drug-likeness (QED) is 0.136. The standard InChI is InChI=1S/C49H32/c1-31-27-29-35(30-28-31)43-42(32-15-5-2-6-16-32)44(33-17-7-3-8-18-33)48-40-25-13-23-38-36-21-11-12-22-37(36)39-24-14-26-41(47(39)46(38)40)49(48)45(43)34-19-9-4-10-20-34/h2-30H,1H3. The fourth-order valence-corrected chi connectivity index (χ4v) is 8.44. The average molecular weight is 621 g/mol. The predicted octanol–water partition coefficient (Wildman–Crippen LogP) is 13.9. The van der Waals surface area contributed by atoms with Crippen LogP contribution < -0.4 is 0 Å². The summed E-state index contributed by atoms with van der Waals surface area (Å²) in [7, 11) is 0. The topological polar surface area (TPSA) is 0 Å². The van der Waals surface area contributed by atoms with Gasteiger partial charge in [0.15, 0.2) is 0 Å². The van der Waals surface area contributed by atoms with Gasteiger partial charge in [-0.05, 0) is 105 Å². The lowest BCUT2D eigenvalue weighted by atomic mass is 9.75. The largest absolute Gasteiger partial charge is 0.0622 e. The van der Waals surface area contributed by atoms with Crippen molar-refractivity contribution < 1.29 is 0 Å². The molecule has 0 saturated heterocycles. The third-order valence-electron chi connectivity index (χ3n) is 10.5. The maximum absolute atomic E-state index is 2.37. The van der Waals surface area contributed by atoms with Crippen molar-refractivity contribution in [1.82, 2.24) is 0 Å². The van der Waals surface area contributed by atoms with Crippen molar-refractivity contribution in [2.45, 2.75) is 6.92 Å². The van der Waals surface area contributed by atoms with E-state index in [1.165, 1.54) is 104 Å². The molecule has 0 radical (unpaired) electrons. The minimum atomic E-state index is 1.21. The Balaban J connectivity index is 1.60. The molecule has 0 aliphatic carbocycles. The van der Waals surface area contributed by atoms with Crippen molar-refractivity contribution in [3.05, 3.63) is 181 Å². The Kier molecular flexibility index (Phi) is 6.19. The van der Waals surface area contributed by atoms with Gasteiger partial charge in [-0.3, -0.25) is 0 Å². The lowest BCUT2D eigenvalue weighted by Crippen LogP contribution is -2.00. The summed E-state index contributed by atoms with van der Waals surface area (Å²) in [5.41, 5.74) is 11.2. The molecule has 0 N–H and O–H groups in total. The van der Waals surface area contributed by atoms with Gasteiger partial charge in [0.25, 0.3) is 0 Å². The molecule has 0 bridgehead atoms. The fourth-order valence-electron chi connectivity index (χ4n) is 8.44. The first-order chi connectivity index (χ1) is 24.3. The lowest BCUT2D eigenvalue weighted by molar-refractivity contribution is 1.47. The first kappa shape index (κ1) is 27.8. The number of benzene rings is 10. The number of hydrogen-bond acceptors (Lipinski definition) is 0. The van der Waals surface area contributed by atoms with E-state index >= 15 is 0 Å². The molecule has 0 spiro atoms. The molecule has 0 aliphatic rings. The van der Waals surface area contributed by atoms with E-state index in [9.17, 15) is 0 Å². The van der Waals surface area contributed by atoms with Gasteiger partial charge in [-0.2, -0.15) is 0 Å². The first-order valence-electron chi connectivity index (χ1n) is 17.1. The second kappa shape index (κ2) is 10.9. The first-order valence-corrected chi connectivity index (χ1v) is 17.1. The number of fused-ring (bicyclic) bond motifs is 6. The molecule has 0 nitrogen and oxygen atoms in total. The van der Waals surface area contributed by atoms with Crippen LogP contribution in [-0.4, -0.2) is 0 Å². The van der Waals surface area contributed by atoms with Crippen LogP contribution in [0.3, 0.4) is 0 Å². The molecule has 0 saturated carbocycles. The van der Waals surface area contributed by atoms with Crippen LogP contribution >= 0.6 is 0 Å². The molecule has 10 aromatic rings. The summed E-state index contributed by atoms with van der Waals surface area (Å²) in [5.74, 6) is 0. The van der Waals surface area contributed by atoms with Crippen LogP contribution in [-0.2, 0) is 0 Å². The molecule has 0 heterocycles. The highest BCUT2D eigenvalue weighted by Gasteiger charge is 2.28. The third-order valence-corrected chi connectivity index (χ3v) is 10.5. The van der Waals surface area contributed by atoms with Crippen molar-refractivity contribution in [3.63, 3.8) is 0 Å². The summed E-state index contributed by atoms with van der Waals surface area (Å²) in [5, 5.41) is 13.1. The van der Waals surface area contributed by atoms with Gasteiger partial charge >= 0.3 is 0 Å². The highest BCUT2D eigenvalue weighted by molar-refractivity contribution is 6.43. The van der Waals surface area contributed by atoms with E-state index in [0.29, 0.717) is 0 Å². The van der Waals surface area contributed by atoms with E-state index in [4.69, 9.17) is 0 Å². The van der Waals surface area contributed by atoms with E-state index in [2.05, 4.69) is 183 Å². The number of aryl methyl sites for hydroxylation is 1. The van der Waals surface area contributed by atoms with Crippen molar-refractivity contribution in [2.24, 2.45) is 0 Å². The van der Waals surface area contributed by atoms with Crippen molar-refractivity contribution in [2.75, 3.05) is 0 Å². The second-order valence-electron chi connectivity index (χ2n) is 13.2. The Morgan fingerprint density at radius 3 is 0.980 bits per heavy atom. The van der Waals surface area contributed by atoms with Crippen LogP contribution in [0.25, 0.3) is 98.4 Å². The van der Waals surface area contributed by atoms with Crippen molar-refractivity contribution in [3.8, 4) is 44.5 Å². The maximum Gasteiger partial charge on any atom is -0.000718 e. The average Bonchev–Trinajstić information content (AvgIpc) is 3.18. The summed E-state index contributed by atoms with van der Waals surface area (Å²) < 4.78 is 0. The predicted molar refractivity (Wildman–Crippen MR) is 212 cm³/mol. The Hall–Kier alpha value is -6.24. The molecule has 0 fully saturated rings. The number of hydrogen-bond donors (Lipinski definition) is 0. The molecule has 228 valence electrons. The maximum atomic E-state index is 2.37. The molecule has 10 aromatic carbocycles. The lowest BCUT2D eigenvalue weighted by Gasteiger charge is -2.27. The molecule has 0 atom stereocenters. The molecule has 0 amide bonds. The van der Waals surface area contributed by atoms with Gasteiger partial charge in [0.2, 0.25) is 0 Å². The zero-order chi connectivity index (χ0) is 32.5. The second-order valence-corrected chi connectivity index (χ2v) is 13.2. The highest BCUT2D eigenvalue weighted by atomic mass is 14.3. The van der Waals surface area contributed by atoms with Gasteiger partial charge < -0.3 is 0 Å². The Labute approximate surface area is 285 Å². The number of rotatable bonds is 4. The summed E-state index contributed by atoms with van der Waals surface area (Å²) >= 11 is 0. The molecule has 0 aliphatic heterocycles. The summed E-state index contributed by atoms with van der Waals surface area (Å²) in [4.78, 5) is 0. The van der Waals surface area contributed by atoms with E-state index in [-0.39, 0.29) is 0 Å². The van der Waals surface area contributed by atoms with Crippen LogP contribution in [0.4, 0.5) is 0 Å². The van der Waals surface area contributed by atoms with Gasteiger partial charge in [-0.1, -0.05) is 181 Å². The van der Waals surface area contributed by atoms with Crippen molar-refractivity contribution in [1.29, 1.82) is 0 Å². The molecule has 49 heavy (non-hydrogen) atoms. The highest BCUT2D eigenvalue weighted by Crippen LogP contribution is 2.56. The third kappa shape index (κ3) is 4.11. The SMILES string of the molecule is Cc1ccc(-c2c(-c3ccccc3)c(-c3ccccc3)c3c4cccc5c6ccccc6c6cccc(c3c2-c2ccccc2)c6c54)cc1. The van der Waals surface area contributed by atoms with Crippen LogP contribution in [0.15, 0.2) is 176 Å². The van der Waals surface area contributed by atoms with E-state index in [0.717, 1.165) is 0 Å². The molecule has 0 aromatic heterocycles. The molecular formula is C49H32. The minimum absolute atomic E-state index is 1.21. The smallest absolute Gasteiger partial charge is 0.000718 e. The molecule has 0 unspecified atom stereocenters. The van der Waals surface area contributed by atoms with Crippen LogP contribution in [0, 0.1) is 6.92 Å².